The molecule has 0 unspecified atom stereocenters. The molecule has 0 saturated carbocycles. The second-order valence-electron chi connectivity index (χ2n) is 3.47. The summed E-state index contributed by atoms with van der Waals surface area (Å²) in [7, 11) is 0. The molecule has 1 aliphatic rings. The van der Waals surface area contributed by atoms with Crippen LogP contribution in [0.15, 0.2) is 0 Å². The Balaban J connectivity index is 0.00000196. The van der Waals surface area contributed by atoms with Gasteiger partial charge >= 0.3 is 12.1 Å². The molecule has 1 heterocycles. The molecular formula is C8H13ClF3NO2. The van der Waals surface area contributed by atoms with E-state index >= 15 is 0 Å². The van der Waals surface area contributed by atoms with Crippen molar-refractivity contribution < 1.29 is 23.1 Å². The average Bonchev–Trinajstić information content (AvgIpc) is 2.47. The average molecular weight is 248 g/mol. The highest BCUT2D eigenvalue weighted by atomic mass is 35.5. The maximum atomic E-state index is 12.2. The summed E-state index contributed by atoms with van der Waals surface area (Å²) >= 11 is 0. The predicted molar refractivity (Wildman–Crippen MR) is 50.1 cm³/mol. The number of halogens is 4. The summed E-state index contributed by atoms with van der Waals surface area (Å²) in [4.78, 5) is 10.2. The second kappa shape index (κ2) is 5.55. The lowest BCUT2D eigenvalue weighted by molar-refractivity contribution is -0.152. The third-order valence-corrected chi connectivity index (χ3v) is 2.34. The predicted octanol–water partition coefficient (Wildman–Crippen LogP) is 1.96. The van der Waals surface area contributed by atoms with Crippen LogP contribution < -0.4 is 5.32 Å². The van der Waals surface area contributed by atoms with Crippen LogP contribution in [0.25, 0.3) is 0 Å². The normalized spacial score (nSPS) is 26.1. The van der Waals surface area contributed by atoms with E-state index in [2.05, 4.69) is 5.32 Å². The van der Waals surface area contributed by atoms with Crippen LogP contribution in [0, 0.1) is 0 Å². The van der Waals surface area contributed by atoms with Gasteiger partial charge in [-0.3, -0.25) is 4.79 Å². The first-order valence-electron chi connectivity index (χ1n) is 4.44. The fraction of sp³-hybridized carbons (Fsp3) is 0.875. The van der Waals surface area contributed by atoms with Gasteiger partial charge < -0.3 is 10.4 Å². The Labute approximate surface area is 91.4 Å². The fourth-order valence-electron chi connectivity index (χ4n) is 1.60. The molecule has 0 aliphatic carbocycles. The van der Waals surface area contributed by atoms with E-state index in [1.54, 1.807) is 0 Å². The summed E-state index contributed by atoms with van der Waals surface area (Å²) in [6, 6.07) is -1.76. The zero-order valence-corrected chi connectivity index (χ0v) is 8.70. The molecule has 0 bridgehead atoms. The highest BCUT2D eigenvalue weighted by molar-refractivity contribution is 5.85. The van der Waals surface area contributed by atoms with E-state index in [1.807, 2.05) is 0 Å². The lowest BCUT2D eigenvalue weighted by atomic mass is 10.1. The summed E-state index contributed by atoms with van der Waals surface area (Å²) in [6.45, 7) is 0. The van der Waals surface area contributed by atoms with Crippen molar-refractivity contribution in [2.45, 2.75) is 43.9 Å². The molecule has 2 atom stereocenters. The fourth-order valence-corrected chi connectivity index (χ4v) is 1.60. The molecule has 0 aromatic heterocycles. The van der Waals surface area contributed by atoms with Crippen molar-refractivity contribution in [1.29, 1.82) is 0 Å². The monoisotopic (exact) mass is 247 g/mol. The van der Waals surface area contributed by atoms with Crippen molar-refractivity contribution in [2.24, 2.45) is 0 Å². The largest absolute Gasteiger partial charge is 0.481 e. The van der Waals surface area contributed by atoms with Crippen molar-refractivity contribution in [3.8, 4) is 0 Å². The van der Waals surface area contributed by atoms with E-state index in [-0.39, 0.29) is 37.7 Å². The zero-order chi connectivity index (χ0) is 10.8. The molecule has 1 saturated heterocycles. The van der Waals surface area contributed by atoms with Crippen LogP contribution in [0.1, 0.15) is 25.7 Å². The molecule has 0 aromatic carbocycles. The Bertz CT molecular complexity index is 222. The van der Waals surface area contributed by atoms with Gasteiger partial charge in [-0.05, 0) is 19.3 Å². The molecule has 15 heavy (non-hydrogen) atoms. The van der Waals surface area contributed by atoms with Gasteiger partial charge in [0.15, 0.2) is 0 Å². The maximum Gasteiger partial charge on any atom is 0.403 e. The van der Waals surface area contributed by atoms with Crippen LogP contribution in [0.2, 0.25) is 0 Å². The Kier molecular flexibility index (Phi) is 5.37. The van der Waals surface area contributed by atoms with Crippen LogP contribution in [-0.4, -0.2) is 29.3 Å². The van der Waals surface area contributed by atoms with E-state index < -0.39 is 18.2 Å². The van der Waals surface area contributed by atoms with Gasteiger partial charge in [-0.1, -0.05) is 0 Å². The molecule has 1 rings (SSSR count). The Morgan fingerprint density at radius 3 is 2.40 bits per heavy atom. The minimum absolute atomic E-state index is 0. The number of hydrogen-bond acceptors (Lipinski definition) is 2. The highest BCUT2D eigenvalue weighted by Crippen LogP contribution is 2.29. The van der Waals surface area contributed by atoms with Gasteiger partial charge in [0.25, 0.3) is 0 Å². The van der Waals surface area contributed by atoms with Gasteiger partial charge in [0.05, 0.1) is 0 Å². The number of nitrogens with one attached hydrogen (secondary N) is 1. The molecule has 90 valence electrons. The van der Waals surface area contributed by atoms with Crippen LogP contribution in [0.4, 0.5) is 13.2 Å². The summed E-state index contributed by atoms with van der Waals surface area (Å²) in [5.74, 6) is -0.970. The third kappa shape index (κ3) is 4.70. The molecule has 7 heteroatoms. The number of aliphatic carboxylic acids is 1. The van der Waals surface area contributed by atoms with Gasteiger partial charge in [-0.25, -0.2) is 0 Å². The maximum absolute atomic E-state index is 12.2. The van der Waals surface area contributed by atoms with E-state index in [0.717, 1.165) is 0 Å². The molecule has 0 aromatic rings. The number of alkyl halides is 3. The smallest absolute Gasteiger partial charge is 0.403 e. The lowest BCUT2D eigenvalue weighted by Crippen LogP contribution is -2.40. The van der Waals surface area contributed by atoms with E-state index in [1.165, 1.54) is 0 Å². The molecule has 2 N–H and O–H groups in total. The first-order valence-corrected chi connectivity index (χ1v) is 4.44. The van der Waals surface area contributed by atoms with E-state index in [9.17, 15) is 18.0 Å². The number of rotatable bonds is 3. The van der Waals surface area contributed by atoms with Crippen LogP contribution in [0.5, 0.6) is 0 Å². The van der Waals surface area contributed by atoms with Gasteiger partial charge in [0.1, 0.15) is 6.04 Å². The lowest BCUT2D eigenvalue weighted by Gasteiger charge is -2.16. The van der Waals surface area contributed by atoms with Crippen molar-refractivity contribution in [1.82, 2.24) is 5.32 Å². The van der Waals surface area contributed by atoms with E-state index in [4.69, 9.17) is 5.11 Å². The zero-order valence-electron chi connectivity index (χ0n) is 7.88. The highest BCUT2D eigenvalue weighted by Gasteiger charge is 2.43. The first kappa shape index (κ1) is 14.5. The van der Waals surface area contributed by atoms with Crippen molar-refractivity contribution in [3.63, 3.8) is 0 Å². The SMILES string of the molecule is Cl.O=C(O)CC[C@@H]1CC[C@H](C(F)(F)F)N1. The van der Waals surface area contributed by atoms with Gasteiger partial charge in [0, 0.05) is 12.5 Å². The Morgan fingerprint density at radius 1 is 1.40 bits per heavy atom. The molecule has 0 spiro atoms. The molecular weight excluding hydrogens is 235 g/mol. The van der Waals surface area contributed by atoms with Crippen molar-refractivity contribution in [3.05, 3.63) is 0 Å². The topological polar surface area (TPSA) is 49.3 Å². The standard InChI is InChI=1S/C8H12F3NO2.ClH/c9-8(10,11)6-3-1-5(12-6)2-4-7(13)14;/h5-6,12H,1-4H2,(H,13,14);1H/t5-,6+;/m0./s1. The van der Waals surface area contributed by atoms with E-state index in [0.29, 0.717) is 6.42 Å². The number of carboxylic acids is 1. The minimum Gasteiger partial charge on any atom is -0.481 e. The third-order valence-electron chi connectivity index (χ3n) is 2.34. The number of hydrogen-bond donors (Lipinski definition) is 2. The molecule has 1 fully saturated rings. The second-order valence-corrected chi connectivity index (χ2v) is 3.47. The van der Waals surface area contributed by atoms with Crippen LogP contribution in [-0.2, 0) is 4.79 Å². The molecule has 3 nitrogen and oxygen atoms in total. The van der Waals surface area contributed by atoms with Gasteiger partial charge in [-0.2, -0.15) is 13.2 Å². The van der Waals surface area contributed by atoms with Crippen molar-refractivity contribution in [2.75, 3.05) is 0 Å². The van der Waals surface area contributed by atoms with Crippen LogP contribution in [0.3, 0.4) is 0 Å². The summed E-state index contributed by atoms with van der Waals surface area (Å²) in [6.07, 6.45) is -3.58. The van der Waals surface area contributed by atoms with Gasteiger partial charge in [-0.15, -0.1) is 12.4 Å². The molecule has 1 aliphatic heterocycles. The quantitative estimate of drug-likeness (QED) is 0.802. The molecule has 0 amide bonds. The minimum atomic E-state index is -4.21. The van der Waals surface area contributed by atoms with Crippen LogP contribution >= 0.6 is 12.4 Å². The first-order chi connectivity index (χ1) is 6.39. The van der Waals surface area contributed by atoms with Gasteiger partial charge in [0.2, 0.25) is 0 Å². The van der Waals surface area contributed by atoms with Crippen molar-refractivity contribution >= 4 is 18.4 Å². The number of carboxylic acid groups (broad SMARTS) is 1. The summed E-state index contributed by atoms with van der Waals surface area (Å²) < 4.78 is 36.5. The summed E-state index contributed by atoms with van der Waals surface area (Å²) in [5.41, 5.74) is 0. The Morgan fingerprint density at radius 2 is 2.00 bits per heavy atom. The molecule has 0 radical (unpaired) electrons. The summed E-state index contributed by atoms with van der Waals surface area (Å²) in [5, 5.41) is 10.7. The number of carbonyl (C=O) groups is 1. The Hall–Kier alpha value is -0.490.